The molecule has 0 unspecified atom stereocenters. The summed E-state index contributed by atoms with van der Waals surface area (Å²) in [5.74, 6) is 0.724. The van der Waals surface area contributed by atoms with Gasteiger partial charge in [0.2, 0.25) is 0 Å². The lowest BCUT2D eigenvalue weighted by Crippen LogP contribution is -1.94. The Morgan fingerprint density at radius 3 is 2.09 bits per heavy atom. The molecule has 0 amide bonds. The summed E-state index contributed by atoms with van der Waals surface area (Å²) in [5.41, 5.74) is 9.73. The molecule has 0 saturated carbocycles. The molecule has 0 aliphatic heterocycles. The molecule has 0 fully saturated rings. The van der Waals surface area contributed by atoms with E-state index in [0.29, 0.717) is 0 Å². The molecule has 6 aromatic carbocycles. The topological polar surface area (TPSA) is 38.7 Å². The Kier molecular flexibility index (Phi) is 6.00. The number of fused-ring (bicyclic) bond motifs is 6. The summed E-state index contributed by atoms with van der Waals surface area (Å²) < 4.78 is 2.32. The van der Waals surface area contributed by atoms with Crippen molar-refractivity contribution in [3.63, 3.8) is 0 Å². The predicted octanol–water partition coefficient (Wildman–Crippen LogP) is 11.2. The van der Waals surface area contributed by atoms with Crippen molar-refractivity contribution in [3.05, 3.63) is 152 Å². The molecule has 4 heteroatoms. The molecule has 0 N–H and O–H groups in total. The van der Waals surface area contributed by atoms with E-state index in [1.54, 1.807) is 11.3 Å². The highest BCUT2D eigenvalue weighted by Gasteiger charge is 2.17. The zero-order valence-electron chi connectivity index (χ0n) is 24.2. The van der Waals surface area contributed by atoms with Crippen molar-refractivity contribution in [1.29, 1.82) is 0 Å². The van der Waals surface area contributed by atoms with Gasteiger partial charge in [-0.05, 0) is 45.8 Å². The zero-order chi connectivity index (χ0) is 29.7. The molecule has 0 aliphatic carbocycles. The largest absolute Gasteiger partial charge is 0.256 e. The summed E-state index contributed by atoms with van der Waals surface area (Å²) in [6.45, 7) is 0. The van der Waals surface area contributed by atoms with Gasteiger partial charge in [0.25, 0.3) is 0 Å². The van der Waals surface area contributed by atoms with E-state index in [1.165, 1.54) is 26.8 Å². The Balaban J connectivity index is 1.22. The van der Waals surface area contributed by atoms with Crippen molar-refractivity contribution in [2.75, 3.05) is 0 Å². The van der Waals surface area contributed by atoms with E-state index in [-0.39, 0.29) is 0 Å². The Hall–Kier alpha value is -5.71. The SMILES string of the molecule is c1ccc(-c2ccc(-c3nc(-c4cccc(-c5cccc6c5ccc5cccnc56)c4)nc4c3sc3ccccc34)cc2)cc1. The fourth-order valence-electron chi connectivity index (χ4n) is 6.35. The number of aromatic nitrogens is 3. The summed E-state index contributed by atoms with van der Waals surface area (Å²) in [6.07, 6.45) is 1.86. The van der Waals surface area contributed by atoms with Gasteiger partial charge >= 0.3 is 0 Å². The lowest BCUT2D eigenvalue weighted by Gasteiger charge is -2.11. The number of nitrogens with zero attached hydrogens (tertiary/aromatic N) is 3. The number of rotatable bonds is 4. The molecular weight excluding hydrogens is 567 g/mol. The Bertz CT molecular complexity index is 2530. The minimum absolute atomic E-state index is 0.724. The highest BCUT2D eigenvalue weighted by Crippen LogP contribution is 2.40. The lowest BCUT2D eigenvalue weighted by molar-refractivity contribution is 1.24. The van der Waals surface area contributed by atoms with Crippen molar-refractivity contribution < 1.29 is 0 Å². The molecule has 9 aromatic rings. The molecule has 3 aromatic heterocycles. The standard InChI is InChI=1S/C41H25N3S/c1-2-9-26(10-3-1)27-18-20-29(21-19-27)38-40-39(35-14-4-5-17-36(35)45-40)44-41(43-38)31-12-6-11-30(25-31)32-15-7-16-34-33(32)23-22-28-13-8-24-42-37(28)34/h1-25H. The molecule has 0 saturated heterocycles. The van der Waals surface area contributed by atoms with E-state index >= 15 is 0 Å². The summed E-state index contributed by atoms with van der Waals surface area (Å²) in [7, 11) is 0. The molecule has 210 valence electrons. The summed E-state index contributed by atoms with van der Waals surface area (Å²) in [6, 6.07) is 51.3. The van der Waals surface area contributed by atoms with Crippen LogP contribution >= 0.6 is 11.3 Å². The molecule has 0 atom stereocenters. The van der Waals surface area contributed by atoms with E-state index in [2.05, 4.69) is 133 Å². The maximum absolute atomic E-state index is 5.27. The number of benzene rings is 6. The third kappa shape index (κ3) is 4.38. The summed E-state index contributed by atoms with van der Waals surface area (Å²) in [5, 5.41) is 4.64. The molecule has 9 rings (SSSR count). The lowest BCUT2D eigenvalue weighted by atomic mass is 9.95. The van der Waals surface area contributed by atoms with Gasteiger partial charge in [-0.3, -0.25) is 4.98 Å². The van der Waals surface area contributed by atoms with Crippen LogP contribution in [0.25, 0.3) is 86.9 Å². The van der Waals surface area contributed by atoms with Crippen LogP contribution in [0.2, 0.25) is 0 Å². The van der Waals surface area contributed by atoms with Crippen molar-refractivity contribution in [1.82, 2.24) is 15.0 Å². The average Bonchev–Trinajstić information content (AvgIpc) is 3.50. The van der Waals surface area contributed by atoms with Crippen molar-refractivity contribution >= 4 is 53.3 Å². The van der Waals surface area contributed by atoms with Crippen LogP contribution in [0.15, 0.2) is 152 Å². The fourth-order valence-corrected chi connectivity index (χ4v) is 7.50. The van der Waals surface area contributed by atoms with Crippen LogP contribution in [-0.2, 0) is 0 Å². The monoisotopic (exact) mass is 591 g/mol. The first-order chi connectivity index (χ1) is 22.3. The van der Waals surface area contributed by atoms with E-state index in [9.17, 15) is 0 Å². The van der Waals surface area contributed by atoms with Gasteiger partial charge in [0.15, 0.2) is 5.82 Å². The Morgan fingerprint density at radius 2 is 1.18 bits per heavy atom. The minimum Gasteiger partial charge on any atom is -0.256 e. The van der Waals surface area contributed by atoms with Crippen LogP contribution in [-0.4, -0.2) is 15.0 Å². The molecule has 0 radical (unpaired) electrons. The first-order valence-electron chi connectivity index (χ1n) is 15.0. The second-order valence-corrected chi connectivity index (χ2v) is 12.3. The molecule has 0 bridgehead atoms. The minimum atomic E-state index is 0.724. The quantitative estimate of drug-likeness (QED) is 0.191. The van der Waals surface area contributed by atoms with E-state index < -0.39 is 0 Å². The highest BCUT2D eigenvalue weighted by molar-refractivity contribution is 7.26. The third-order valence-electron chi connectivity index (χ3n) is 8.55. The fraction of sp³-hybridized carbons (Fsp3) is 0. The van der Waals surface area contributed by atoms with Crippen LogP contribution < -0.4 is 0 Å². The highest BCUT2D eigenvalue weighted by atomic mass is 32.1. The molecule has 0 spiro atoms. The number of hydrogen-bond donors (Lipinski definition) is 0. The van der Waals surface area contributed by atoms with Gasteiger partial charge < -0.3 is 0 Å². The second kappa shape index (κ2) is 10.5. The van der Waals surface area contributed by atoms with Crippen LogP contribution in [0.4, 0.5) is 0 Å². The normalized spacial score (nSPS) is 11.6. The van der Waals surface area contributed by atoms with E-state index in [0.717, 1.165) is 60.1 Å². The molecule has 0 aliphatic rings. The maximum atomic E-state index is 5.27. The molecule has 45 heavy (non-hydrogen) atoms. The van der Waals surface area contributed by atoms with Gasteiger partial charge in [-0.15, -0.1) is 11.3 Å². The third-order valence-corrected chi connectivity index (χ3v) is 9.71. The predicted molar refractivity (Wildman–Crippen MR) is 189 cm³/mol. The summed E-state index contributed by atoms with van der Waals surface area (Å²) in [4.78, 5) is 15.2. The molecule has 3 nitrogen and oxygen atoms in total. The van der Waals surface area contributed by atoms with E-state index in [4.69, 9.17) is 15.0 Å². The van der Waals surface area contributed by atoms with Crippen LogP contribution in [0.1, 0.15) is 0 Å². The van der Waals surface area contributed by atoms with E-state index in [1.807, 2.05) is 18.3 Å². The average molecular weight is 592 g/mol. The summed E-state index contributed by atoms with van der Waals surface area (Å²) >= 11 is 1.76. The number of pyridine rings is 1. The second-order valence-electron chi connectivity index (χ2n) is 11.2. The first kappa shape index (κ1) is 25.8. The van der Waals surface area contributed by atoms with Gasteiger partial charge in [0, 0.05) is 38.2 Å². The smallest absolute Gasteiger partial charge is 0.160 e. The molecular formula is C41H25N3S. The Morgan fingerprint density at radius 1 is 0.444 bits per heavy atom. The van der Waals surface area contributed by atoms with Gasteiger partial charge in [-0.25, -0.2) is 9.97 Å². The number of thiophene rings is 1. The van der Waals surface area contributed by atoms with Gasteiger partial charge in [-0.1, -0.05) is 127 Å². The number of hydrogen-bond acceptors (Lipinski definition) is 4. The zero-order valence-corrected chi connectivity index (χ0v) is 25.0. The van der Waals surface area contributed by atoms with Gasteiger partial charge in [-0.2, -0.15) is 0 Å². The molecule has 3 heterocycles. The maximum Gasteiger partial charge on any atom is 0.160 e. The van der Waals surface area contributed by atoms with Gasteiger partial charge in [0.1, 0.15) is 0 Å². The van der Waals surface area contributed by atoms with Crippen LogP contribution in [0.5, 0.6) is 0 Å². The Labute approximate surface area is 264 Å². The van der Waals surface area contributed by atoms with Crippen molar-refractivity contribution in [2.24, 2.45) is 0 Å². The van der Waals surface area contributed by atoms with Crippen LogP contribution in [0.3, 0.4) is 0 Å². The van der Waals surface area contributed by atoms with Crippen molar-refractivity contribution in [2.45, 2.75) is 0 Å². The van der Waals surface area contributed by atoms with Gasteiger partial charge in [0.05, 0.1) is 21.4 Å². The van der Waals surface area contributed by atoms with Crippen LogP contribution in [0, 0.1) is 0 Å². The van der Waals surface area contributed by atoms with Crippen molar-refractivity contribution in [3.8, 4) is 44.9 Å². The first-order valence-corrected chi connectivity index (χ1v) is 15.8.